The minimum atomic E-state index is -0.316. The number of fused-ring (bicyclic) bond motifs is 1. The van der Waals surface area contributed by atoms with Crippen LogP contribution in [0.25, 0.3) is 16.9 Å². The predicted octanol–water partition coefficient (Wildman–Crippen LogP) is 6.47. The van der Waals surface area contributed by atoms with Crippen LogP contribution in [-0.2, 0) is 13.0 Å². The maximum atomic E-state index is 12.8. The first kappa shape index (κ1) is 27.2. The number of nitrogens with one attached hydrogen (secondary N) is 3. The Kier molecular flexibility index (Phi) is 8.27. The Labute approximate surface area is 236 Å². The van der Waals surface area contributed by atoms with Crippen LogP contribution in [0.15, 0.2) is 79.0 Å². The first-order valence-corrected chi connectivity index (χ1v) is 14.7. The summed E-state index contributed by atoms with van der Waals surface area (Å²) in [6, 6.07) is 23.5. The molecule has 3 aromatic carbocycles. The van der Waals surface area contributed by atoms with E-state index in [0.717, 1.165) is 45.6 Å². The highest BCUT2D eigenvalue weighted by Gasteiger charge is 2.13. The molecule has 0 radical (unpaired) electrons. The molecule has 2 amide bonds. The molecule has 0 bridgehead atoms. The number of ether oxygens (including phenoxy) is 1. The standard InChI is InChI=1S/C31H33N6O2P/c1-5-21-13-24(16-25(15-21)39-3)35-31(38)34-23-11-8-10-22(14-23)18-32-29-17-27(26-12-7-6-9-20(26)2)36-30-28(40-4)19-33-37(29)30/h6-17,19,32,40H,5,18H2,1-4H3,(H2,34,35,38). The first-order chi connectivity index (χ1) is 19.5. The molecule has 1 atom stereocenters. The quantitative estimate of drug-likeness (QED) is 0.182. The van der Waals surface area contributed by atoms with E-state index in [9.17, 15) is 4.79 Å². The number of hydrogen-bond acceptors (Lipinski definition) is 5. The Morgan fingerprint density at radius 2 is 1.77 bits per heavy atom. The van der Waals surface area contributed by atoms with Crippen molar-refractivity contribution in [2.75, 3.05) is 29.7 Å². The number of aromatic nitrogens is 3. The van der Waals surface area contributed by atoms with Gasteiger partial charge in [-0.2, -0.15) is 9.61 Å². The Bertz CT molecular complexity index is 1640. The molecule has 9 heteroatoms. The van der Waals surface area contributed by atoms with Crippen molar-refractivity contribution < 1.29 is 9.53 Å². The number of anilines is 3. The number of rotatable bonds is 9. The third-order valence-electron chi connectivity index (χ3n) is 6.69. The number of amides is 2. The molecule has 0 aliphatic rings. The molecule has 0 aliphatic heterocycles. The highest BCUT2D eigenvalue weighted by atomic mass is 31.1. The van der Waals surface area contributed by atoms with Crippen molar-refractivity contribution in [2.24, 2.45) is 0 Å². The molecule has 2 heterocycles. The average molecular weight is 553 g/mol. The van der Waals surface area contributed by atoms with Crippen LogP contribution < -0.4 is 26.0 Å². The zero-order valence-corrected chi connectivity index (χ0v) is 24.1. The van der Waals surface area contributed by atoms with Gasteiger partial charge in [0.15, 0.2) is 5.65 Å². The highest BCUT2D eigenvalue weighted by molar-refractivity contribution is 7.46. The van der Waals surface area contributed by atoms with Crippen LogP contribution in [-0.4, -0.2) is 34.4 Å². The van der Waals surface area contributed by atoms with E-state index >= 15 is 0 Å². The zero-order valence-electron chi connectivity index (χ0n) is 23.1. The van der Waals surface area contributed by atoms with E-state index in [4.69, 9.17) is 9.72 Å². The summed E-state index contributed by atoms with van der Waals surface area (Å²) >= 11 is 0. The Balaban J connectivity index is 1.33. The first-order valence-electron chi connectivity index (χ1n) is 13.2. The van der Waals surface area contributed by atoms with Crippen molar-refractivity contribution in [3.8, 4) is 17.0 Å². The molecular weight excluding hydrogens is 519 g/mol. The zero-order chi connectivity index (χ0) is 28.1. The number of carbonyl (C=O) groups excluding carboxylic acids is 1. The third kappa shape index (κ3) is 6.08. The fourth-order valence-electron chi connectivity index (χ4n) is 4.56. The van der Waals surface area contributed by atoms with Crippen LogP contribution in [0.2, 0.25) is 0 Å². The molecule has 3 N–H and O–H groups in total. The van der Waals surface area contributed by atoms with E-state index in [-0.39, 0.29) is 6.03 Å². The second-order valence-corrected chi connectivity index (χ2v) is 10.5. The van der Waals surface area contributed by atoms with Crippen molar-refractivity contribution in [3.05, 3.63) is 95.7 Å². The van der Waals surface area contributed by atoms with Gasteiger partial charge in [-0.15, -0.1) is 0 Å². The Morgan fingerprint density at radius 3 is 2.55 bits per heavy atom. The summed E-state index contributed by atoms with van der Waals surface area (Å²) in [5.74, 6) is 1.57. The second kappa shape index (κ2) is 12.2. The largest absolute Gasteiger partial charge is 0.497 e. The smallest absolute Gasteiger partial charge is 0.323 e. The number of carbonyl (C=O) groups is 1. The van der Waals surface area contributed by atoms with E-state index in [1.807, 2.05) is 65.3 Å². The van der Waals surface area contributed by atoms with Crippen LogP contribution in [0.3, 0.4) is 0 Å². The van der Waals surface area contributed by atoms with Gasteiger partial charge in [-0.05, 0) is 61.0 Å². The lowest BCUT2D eigenvalue weighted by Gasteiger charge is -2.14. The summed E-state index contributed by atoms with van der Waals surface area (Å²) in [6.45, 7) is 6.84. The van der Waals surface area contributed by atoms with Crippen LogP contribution in [0.1, 0.15) is 23.6 Å². The summed E-state index contributed by atoms with van der Waals surface area (Å²) in [5.41, 5.74) is 7.51. The van der Waals surface area contributed by atoms with Crippen LogP contribution >= 0.6 is 8.58 Å². The predicted molar refractivity (Wildman–Crippen MR) is 166 cm³/mol. The molecule has 5 aromatic rings. The minimum Gasteiger partial charge on any atom is -0.497 e. The summed E-state index contributed by atoms with van der Waals surface area (Å²) in [5, 5.41) is 15.1. The number of nitrogens with zero attached hydrogens (tertiary/aromatic N) is 3. The molecule has 40 heavy (non-hydrogen) atoms. The maximum absolute atomic E-state index is 12.8. The lowest BCUT2D eigenvalue weighted by molar-refractivity contribution is 0.262. The molecule has 0 saturated carbocycles. The van der Waals surface area contributed by atoms with E-state index in [1.54, 1.807) is 13.2 Å². The Hall–Kier alpha value is -4.42. The molecule has 0 fully saturated rings. The summed E-state index contributed by atoms with van der Waals surface area (Å²) in [6.07, 6.45) is 2.74. The van der Waals surface area contributed by atoms with Crippen molar-refractivity contribution in [1.82, 2.24) is 14.6 Å². The van der Waals surface area contributed by atoms with Crippen molar-refractivity contribution in [3.63, 3.8) is 0 Å². The lowest BCUT2D eigenvalue weighted by atomic mass is 10.1. The van der Waals surface area contributed by atoms with Crippen LogP contribution in [0, 0.1) is 6.92 Å². The van der Waals surface area contributed by atoms with E-state index in [0.29, 0.717) is 32.2 Å². The third-order valence-corrected chi connectivity index (χ3v) is 7.58. The SMILES string of the molecule is CCc1cc(NC(=O)Nc2cccc(CNc3cc(-c4ccccc4C)nc4c(PC)cnn34)c2)cc(OC)c1. The molecule has 5 rings (SSSR count). The van der Waals surface area contributed by atoms with Crippen LogP contribution in [0.5, 0.6) is 5.75 Å². The van der Waals surface area contributed by atoms with Gasteiger partial charge < -0.3 is 20.7 Å². The monoisotopic (exact) mass is 552 g/mol. The highest BCUT2D eigenvalue weighted by Crippen LogP contribution is 2.26. The summed E-state index contributed by atoms with van der Waals surface area (Å²) in [4.78, 5) is 17.7. The van der Waals surface area contributed by atoms with Gasteiger partial charge in [0, 0.05) is 40.9 Å². The molecule has 0 spiro atoms. The van der Waals surface area contributed by atoms with Gasteiger partial charge in [0.25, 0.3) is 0 Å². The topological polar surface area (TPSA) is 92.6 Å². The van der Waals surface area contributed by atoms with Gasteiger partial charge in [-0.1, -0.05) is 51.9 Å². The number of hydrogen-bond donors (Lipinski definition) is 3. The molecule has 0 saturated heterocycles. The molecule has 8 nitrogen and oxygen atoms in total. The fourth-order valence-corrected chi connectivity index (χ4v) is 5.14. The fraction of sp³-hybridized carbons (Fsp3) is 0.194. The summed E-state index contributed by atoms with van der Waals surface area (Å²) in [7, 11) is 2.21. The maximum Gasteiger partial charge on any atom is 0.323 e. The average Bonchev–Trinajstić information content (AvgIpc) is 3.39. The van der Waals surface area contributed by atoms with Crippen LogP contribution in [0.4, 0.5) is 22.0 Å². The number of methoxy groups -OCH3 is 1. The number of urea groups is 1. The second-order valence-electron chi connectivity index (χ2n) is 9.44. The Morgan fingerprint density at radius 1 is 0.975 bits per heavy atom. The number of benzene rings is 3. The normalized spacial score (nSPS) is 11.2. The molecular formula is C31H33N6O2P. The lowest BCUT2D eigenvalue weighted by Crippen LogP contribution is -2.19. The van der Waals surface area contributed by atoms with Gasteiger partial charge in [-0.3, -0.25) is 0 Å². The molecule has 204 valence electrons. The van der Waals surface area contributed by atoms with Gasteiger partial charge in [0.05, 0.1) is 19.0 Å². The number of aryl methyl sites for hydroxylation is 2. The van der Waals surface area contributed by atoms with Gasteiger partial charge in [0.2, 0.25) is 0 Å². The molecule has 2 aromatic heterocycles. The van der Waals surface area contributed by atoms with Crippen molar-refractivity contribution in [1.29, 1.82) is 0 Å². The molecule has 1 unspecified atom stereocenters. The summed E-state index contributed by atoms with van der Waals surface area (Å²) < 4.78 is 7.22. The van der Waals surface area contributed by atoms with Gasteiger partial charge >= 0.3 is 6.03 Å². The molecule has 0 aliphatic carbocycles. The van der Waals surface area contributed by atoms with E-state index in [2.05, 4.69) is 53.7 Å². The van der Waals surface area contributed by atoms with Crippen molar-refractivity contribution in [2.45, 2.75) is 26.8 Å². The van der Waals surface area contributed by atoms with E-state index in [1.165, 1.54) is 5.56 Å². The minimum absolute atomic E-state index is 0.316. The van der Waals surface area contributed by atoms with E-state index < -0.39 is 0 Å². The van der Waals surface area contributed by atoms with Crippen molar-refractivity contribution >= 4 is 42.8 Å². The van der Waals surface area contributed by atoms with Gasteiger partial charge in [-0.25, -0.2) is 9.78 Å². The van der Waals surface area contributed by atoms with Gasteiger partial charge in [0.1, 0.15) is 11.6 Å².